The number of amides is 3. The normalized spacial score (nSPS) is 32.3. The largest absolute Gasteiger partial charge is 0.540 e. The standard InChI is InChI=1S/C36H46N3O6.C36H48N3O6.C34H44N3O6.3V/c1-21-31(20-40)39-19-33(21)45-35-29(37-28-14-13-24(43-2)17-30(28)38-35)12-8-4-7-11-25-26-15-23(26)16-32(25)44-34(41)18-27(36(39)42)22-9-5-3-6-10-22;1-23-31(22-40)39-21-32(23)44-34-29(37-28-17-16-26(43-3)19-30(28)38-34)15-9-5-8-13-25-14-10-18-36(25,2)45-33(41)20-27(35(39)42)24-11-6-4-7-12-24;1-21-29(20-38)37-19-30(21)42-32-27(35-26-15-14-24(41-3)16-28(26)36-32)13-9-5-8-12-23-18-34(23,2)43-31(39)17-25(33(37)40)22-10-6-4-7-11-22;;;/h13-14,17,21-23,25-27,31-33H,3-12,15-16,18-19H2,1-2H3;16-17,19,23-25,27,31-32H,4-15,18,20-21H2,1-3H3;14-16,21-23,25,29-30H,4-13,17-19H2,1-3H3;;;/q3*-1;;;/t21-,23?,25+,26?,27-,31+,32+,33-;23-,25+,27-,31+,32-,36+;21-,23+,25-,29+,30-,34+;;;/m000.../s1. The fraction of sp³-hybridized carbons (Fsp3) is 0.689. The number of fused-ring (bicyclic) bond motifs is 17. The Morgan fingerprint density at radius 1 is 0.353 bits per heavy atom. The second-order valence-electron chi connectivity index (χ2n) is 41.8. The topological polar surface area (TPSA) is 324 Å². The Morgan fingerprint density at radius 2 is 0.691 bits per heavy atom. The van der Waals surface area contributed by atoms with Gasteiger partial charge in [-0.1, -0.05) is 135 Å². The van der Waals surface area contributed by atoms with E-state index in [9.17, 15) is 43.2 Å². The maximum absolute atomic E-state index is 14.4. The Kier molecular flexibility index (Phi) is 35.6. The summed E-state index contributed by atoms with van der Waals surface area (Å²) >= 11 is 0. The van der Waals surface area contributed by atoms with E-state index in [4.69, 9.17) is 72.5 Å². The molecule has 6 aliphatic heterocycles. The number of carbonyl (C=O) groups is 6. The third kappa shape index (κ3) is 23.6. The Balaban J connectivity index is 0.000000162. The third-order valence-corrected chi connectivity index (χ3v) is 33.2. The maximum atomic E-state index is 14.4. The van der Waals surface area contributed by atoms with Crippen molar-refractivity contribution in [3.8, 4) is 34.9 Å². The fourth-order valence-electron chi connectivity index (χ4n) is 24.9. The first kappa shape index (κ1) is 104. The van der Waals surface area contributed by atoms with E-state index < -0.39 is 65.4 Å². The van der Waals surface area contributed by atoms with E-state index in [2.05, 4.69) is 25.8 Å². The predicted octanol–water partition coefficient (Wildman–Crippen LogP) is 17.1. The predicted molar refractivity (Wildman–Crippen MR) is 497 cm³/mol. The Bertz CT molecular complexity index is 5090. The Morgan fingerprint density at radius 3 is 1.07 bits per heavy atom. The van der Waals surface area contributed by atoms with Crippen molar-refractivity contribution in [2.24, 2.45) is 82.9 Å². The molecule has 20 atom stereocenters. The van der Waals surface area contributed by atoms with E-state index in [1.54, 1.807) is 36.0 Å². The van der Waals surface area contributed by atoms with Crippen LogP contribution in [0.15, 0.2) is 54.6 Å². The summed E-state index contributed by atoms with van der Waals surface area (Å²) in [6.45, 7) is 10.6. The summed E-state index contributed by atoms with van der Waals surface area (Å²) in [5, 5.41) is 0. The third-order valence-electron chi connectivity index (χ3n) is 33.2. The monoisotopic (exact) mass is 1980 g/mol. The molecule has 7 aliphatic carbocycles. The van der Waals surface area contributed by atoms with Crippen LogP contribution in [0.5, 0.6) is 34.9 Å². The van der Waals surface area contributed by atoms with Crippen molar-refractivity contribution >= 4 is 87.6 Å². The van der Waals surface area contributed by atoms with E-state index in [0.717, 1.165) is 246 Å². The molecule has 2 unspecified atom stereocenters. The van der Waals surface area contributed by atoms with Crippen molar-refractivity contribution in [3.05, 3.63) is 71.7 Å². The summed E-state index contributed by atoms with van der Waals surface area (Å²) < 4.78 is 54.6. The van der Waals surface area contributed by atoms with Gasteiger partial charge in [0.1, 0.15) is 69.9 Å². The Labute approximate surface area is 837 Å². The molecule has 19 rings (SSSR count). The molecular formula is C106H138N9O18V3-3. The maximum Gasteiger partial charge on any atom is 0.307 e. The molecule has 27 nitrogen and oxygen atoms in total. The zero-order valence-electron chi connectivity index (χ0n) is 80.7. The van der Waals surface area contributed by atoms with Crippen LogP contribution in [0.4, 0.5) is 0 Å². The SMILES string of the molecule is COc1ccc2nc3c(nc2c1)O[C@H]1CN(C(=O)[C@H](C2CCCCC2)CC(=O)O[C@@H]2CC4CC4[C@H]2CCCCC3)[C@H]([C-]=O)[C@@H]1C.COc1ccc2nc3c(nc2c1)O[C@H]1CN(C(=O)[C@H](C2CCCCC2)CC(=O)O[C@]2(C)CCC[C@H]2CCCCC3)[C@H]([C-]=O)[C@@H]1C.COc1ccc2nc3c(nc2c1)O[C@H]1CN(C(=O)[C@H](C2CCCCC2)CC(=O)O[C@]2(C)C[C@H]2CCCCC3)[C@H]([C-]=O)[C@@H]1C.[V].[V].[V]. The molecule has 13 aliphatic rings. The minimum atomic E-state index is -0.764. The summed E-state index contributed by atoms with van der Waals surface area (Å²) in [6, 6.07) is 14.6. The van der Waals surface area contributed by atoms with Crippen LogP contribution in [0.1, 0.15) is 283 Å². The first-order chi connectivity index (χ1) is 64.5. The molecule has 6 aromatic rings. The number of carbonyl (C=O) groups excluding carboxylic acids is 9. The summed E-state index contributed by atoms with van der Waals surface area (Å²) in [6.07, 6.45) is 40.6. The number of rotatable bonds is 9. The molecule has 3 aromatic heterocycles. The number of hydrogen-bond donors (Lipinski definition) is 0. The van der Waals surface area contributed by atoms with Crippen molar-refractivity contribution in [2.45, 2.75) is 339 Å². The zero-order valence-corrected chi connectivity index (χ0v) is 84.9. The zero-order chi connectivity index (χ0) is 92.8. The van der Waals surface area contributed by atoms with E-state index >= 15 is 0 Å². The molecule has 6 bridgehead atoms. The molecule has 0 N–H and O–H groups in total. The second-order valence-corrected chi connectivity index (χ2v) is 41.8. The first-order valence-corrected chi connectivity index (χ1v) is 50.7. The van der Waals surface area contributed by atoms with E-state index in [1.807, 2.05) is 82.3 Å². The van der Waals surface area contributed by atoms with Gasteiger partial charge in [0.2, 0.25) is 35.4 Å². The van der Waals surface area contributed by atoms with Gasteiger partial charge in [-0.25, -0.2) is 48.8 Å². The quantitative estimate of drug-likeness (QED) is 0.0737. The summed E-state index contributed by atoms with van der Waals surface area (Å²) in [5.41, 5.74) is 5.76. The molecule has 9 heterocycles. The average molecular weight is 1980 g/mol. The molecule has 10 fully saturated rings. The number of aryl methyl sites for hydroxylation is 3. The smallest absolute Gasteiger partial charge is 0.307 e. The molecular weight excluding hydrogens is 1840 g/mol. The van der Waals surface area contributed by atoms with E-state index in [1.165, 1.54) is 6.42 Å². The minimum absolute atomic E-state index is 0. The minimum Gasteiger partial charge on any atom is -0.540 e. The molecule has 3 radical (unpaired) electrons. The van der Waals surface area contributed by atoms with Crippen LogP contribution >= 0.6 is 0 Å². The second kappa shape index (κ2) is 46.6. The molecule has 0 spiro atoms. The average Bonchev–Trinajstić information content (AvgIpc) is 1.61. The van der Waals surface area contributed by atoms with Gasteiger partial charge < -0.3 is 71.7 Å². The van der Waals surface area contributed by atoms with Gasteiger partial charge in [-0.3, -0.25) is 28.8 Å². The van der Waals surface area contributed by atoms with Crippen LogP contribution in [0.25, 0.3) is 33.1 Å². The number of methoxy groups -OCH3 is 3. The number of hydrogen-bond acceptors (Lipinski definition) is 24. The van der Waals surface area contributed by atoms with Gasteiger partial charge >= 0.3 is 17.9 Å². The van der Waals surface area contributed by atoms with Crippen molar-refractivity contribution in [3.63, 3.8) is 0 Å². The van der Waals surface area contributed by atoms with Crippen molar-refractivity contribution in [1.29, 1.82) is 0 Å². The van der Waals surface area contributed by atoms with Crippen molar-refractivity contribution < 1.29 is 141 Å². The summed E-state index contributed by atoms with van der Waals surface area (Å²) in [5.74, 6) is 2.36. The van der Waals surface area contributed by atoms with Crippen LogP contribution in [-0.4, -0.2) is 194 Å². The number of esters is 3. The number of nitrogens with zero attached hydrogens (tertiary/aromatic N) is 9. The van der Waals surface area contributed by atoms with Gasteiger partial charge in [0.05, 0.1) is 111 Å². The van der Waals surface area contributed by atoms with Crippen LogP contribution in [0.3, 0.4) is 0 Å². The molecule has 733 valence electrons. The van der Waals surface area contributed by atoms with Gasteiger partial charge in [-0.2, -0.15) is 0 Å². The van der Waals surface area contributed by atoms with Gasteiger partial charge in [0.15, 0.2) is 0 Å². The van der Waals surface area contributed by atoms with Gasteiger partial charge in [-0.05, 0) is 244 Å². The van der Waals surface area contributed by atoms with Crippen LogP contribution in [0, 0.1) is 82.9 Å². The van der Waals surface area contributed by atoms with Crippen molar-refractivity contribution in [1.82, 2.24) is 44.6 Å². The number of benzene rings is 3. The van der Waals surface area contributed by atoms with Gasteiger partial charge in [-0.15, -0.1) is 0 Å². The van der Waals surface area contributed by atoms with Crippen molar-refractivity contribution in [2.75, 3.05) is 41.0 Å². The summed E-state index contributed by atoms with van der Waals surface area (Å²) in [7, 11) is 4.86. The van der Waals surface area contributed by atoms with Gasteiger partial charge in [0, 0.05) is 79.8 Å². The molecule has 3 aromatic carbocycles. The fourth-order valence-corrected chi connectivity index (χ4v) is 24.9. The van der Waals surface area contributed by atoms with Crippen LogP contribution in [-0.2, 0) is 132 Å². The number of ether oxygens (including phenoxy) is 9. The molecule has 30 heteroatoms. The van der Waals surface area contributed by atoms with Gasteiger partial charge in [0.25, 0.3) is 0 Å². The molecule has 3 saturated heterocycles. The molecule has 3 amide bonds. The Hall–Kier alpha value is -7.94. The first-order valence-electron chi connectivity index (χ1n) is 50.7. The van der Waals surface area contributed by atoms with E-state index in [-0.39, 0.29) is 172 Å². The summed E-state index contributed by atoms with van der Waals surface area (Å²) in [4.78, 5) is 155. The molecule has 7 saturated carbocycles. The molecule has 136 heavy (non-hydrogen) atoms. The van der Waals surface area contributed by atoms with E-state index in [0.29, 0.717) is 93.9 Å². The van der Waals surface area contributed by atoms with Crippen LogP contribution < -0.4 is 28.4 Å². The number of aromatic nitrogens is 6. The van der Waals surface area contributed by atoms with Crippen LogP contribution in [0.2, 0.25) is 0 Å².